The van der Waals surface area contributed by atoms with Gasteiger partial charge in [0.15, 0.2) is 5.52 Å². The van der Waals surface area contributed by atoms with Crippen molar-refractivity contribution >= 4 is 11.0 Å². The molecule has 0 aliphatic carbocycles. The van der Waals surface area contributed by atoms with Crippen molar-refractivity contribution in [1.29, 1.82) is 0 Å². The molecule has 3 rings (SSSR count). The van der Waals surface area contributed by atoms with Crippen LogP contribution < -0.4 is 10.3 Å². The Morgan fingerprint density at radius 1 is 1.39 bits per heavy atom. The van der Waals surface area contributed by atoms with Gasteiger partial charge in [0.2, 0.25) is 0 Å². The first-order valence-corrected chi connectivity index (χ1v) is 7.57. The third-order valence-corrected chi connectivity index (χ3v) is 3.64. The van der Waals surface area contributed by atoms with E-state index in [1.165, 1.54) is 0 Å². The molecular formula is C16H19N5O2. The number of ether oxygens (including phenoxy) is 1. The molecule has 0 unspecified atom stereocenters. The van der Waals surface area contributed by atoms with Crippen molar-refractivity contribution in [3.63, 3.8) is 0 Å². The zero-order valence-electron chi connectivity index (χ0n) is 13.4. The van der Waals surface area contributed by atoms with Gasteiger partial charge in [-0.05, 0) is 25.5 Å². The van der Waals surface area contributed by atoms with Crippen LogP contribution in [0, 0.1) is 0 Å². The van der Waals surface area contributed by atoms with Gasteiger partial charge in [-0.15, -0.1) is 0 Å². The number of hydrogen-bond acceptors (Lipinski definition) is 5. The zero-order chi connectivity index (χ0) is 16.4. The summed E-state index contributed by atoms with van der Waals surface area (Å²) in [5.74, 6) is 0.677. The molecule has 0 fully saturated rings. The number of pyridine rings is 1. The summed E-state index contributed by atoms with van der Waals surface area (Å²) in [5.41, 5.74) is 1.94. The van der Waals surface area contributed by atoms with E-state index in [0.29, 0.717) is 23.3 Å². The van der Waals surface area contributed by atoms with Gasteiger partial charge in [0, 0.05) is 13.2 Å². The molecule has 120 valence electrons. The summed E-state index contributed by atoms with van der Waals surface area (Å²) in [5, 5.41) is 4.36. The summed E-state index contributed by atoms with van der Waals surface area (Å²) in [6.45, 7) is 4.31. The number of aromatic nitrogens is 5. The first kappa shape index (κ1) is 15.2. The van der Waals surface area contributed by atoms with Gasteiger partial charge < -0.3 is 4.74 Å². The van der Waals surface area contributed by atoms with Crippen LogP contribution in [0.15, 0.2) is 35.6 Å². The lowest BCUT2D eigenvalue weighted by Gasteiger charge is -2.15. The van der Waals surface area contributed by atoms with E-state index in [9.17, 15) is 4.79 Å². The highest BCUT2D eigenvalue weighted by Crippen LogP contribution is 2.13. The molecule has 7 heteroatoms. The van der Waals surface area contributed by atoms with Gasteiger partial charge in [-0.2, -0.15) is 5.10 Å². The Morgan fingerprint density at radius 3 is 2.91 bits per heavy atom. The van der Waals surface area contributed by atoms with Crippen LogP contribution in [-0.4, -0.2) is 30.4 Å². The number of fused-ring (bicyclic) bond motifs is 1. The number of rotatable bonds is 5. The Kier molecular flexibility index (Phi) is 4.10. The lowest BCUT2D eigenvalue weighted by molar-refractivity contribution is 0.197. The maximum absolute atomic E-state index is 12.7. The van der Waals surface area contributed by atoms with Crippen molar-refractivity contribution in [2.45, 2.75) is 32.9 Å². The molecule has 0 spiro atoms. The molecule has 0 aliphatic rings. The first-order chi connectivity index (χ1) is 11.1. The van der Waals surface area contributed by atoms with E-state index in [0.717, 1.165) is 12.1 Å². The van der Waals surface area contributed by atoms with Gasteiger partial charge in [0.25, 0.3) is 5.56 Å². The molecule has 0 bridgehead atoms. The molecule has 0 aliphatic heterocycles. The van der Waals surface area contributed by atoms with Gasteiger partial charge in [0.1, 0.15) is 17.4 Å². The number of aryl methyl sites for hydroxylation is 2. The van der Waals surface area contributed by atoms with Crippen LogP contribution in [-0.2, 0) is 20.0 Å². The number of nitrogens with zero attached hydrogens (tertiary/aromatic N) is 5. The van der Waals surface area contributed by atoms with Crippen molar-refractivity contribution in [3.8, 4) is 5.75 Å². The molecule has 0 N–H and O–H groups in total. The highest BCUT2D eigenvalue weighted by Gasteiger charge is 2.15. The molecular weight excluding hydrogens is 294 g/mol. The molecule has 7 nitrogen and oxygen atoms in total. The second-order valence-electron chi connectivity index (χ2n) is 5.44. The first-order valence-electron chi connectivity index (χ1n) is 7.57. The summed E-state index contributed by atoms with van der Waals surface area (Å²) in [7, 11) is 1.77. The fraction of sp³-hybridized carbons (Fsp3) is 0.375. The maximum Gasteiger partial charge on any atom is 0.279 e. The SMILES string of the molecule is CCc1nn(C)c2c(=O)n(C[C@@H](C)Oc3cccnc3)cnc12. The minimum atomic E-state index is -0.185. The molecule has 1 atom stereocenters. The molecule has 0 saturated heterocycles. The fourth-order valence-corrected chi connectivity index (χ4v) is 2.59. The Labute approximate surface area is 133 Å². The average molecular weight is 313 g/mol. The van der Waals surface area contributed by atoms with Crippen molar-refractivity contribution in [3.05, 3.63) is 46.9 Å². The van der Waals surface area contributed by atoms with Crippen LogP contribution in [0.1, 0.15) is 19.5 Å². The summed E-state index contributed by atoms with van der Waals surface area (Å²) >= 11 is 0. The predicted octanol–water partition coefficient (Wildman–Crippen LogP) is 1.55. The van der Waals surface area contributed by atoms with Crippen LogP contribution >= 0.6 is 0 Å². The Bertz CT molecular complexity index is 869. The smallest absolute Gasteiger partial charge is 0.279 e. The maximum atomic E-state index is 12.7. The predicted molar refractivity (Wildman–Crippen MR) is 86.5 cm³/mol. The van der Waals surface area contributed by atoms with E-state index in [4.69, 9.17) is 4.74 Å². The summed E-state index contributed by atoms with van der Waals surface area (Å²) in [6.07, 6.45) is 5.46. The lowest BCUT2D eigenvalue weighted by Crippen LogP contribution is -2.29. The van der Waals surface area contributed by atoms with E-state index in [2.05, 4.69) is 15.1 Å². The molecule has 0 saturated carbocycles. The van der Waals surface area contributed by atoms with Crippen molar-refractivity contribution < 1.29 is 4.74 Å². The topological polar surface area (TPSA) is 74.8 Å². The van der Waals surface area contributed by atoms with Gasteiger partial charge in [-0.3, -0.25) is 19.0 Å². The second kappa shape index (κ2) is 6.20. The molecule has 0 radical (unpaired) electrons. The zero-order valence-corrected chi connectivity index (χ0v) is 13.4. The molecule has 3 aromatic rings. The van der Waals surface area contributed by atoms with Crippen molar-refractivity contribution in [2.24, 2.45) is 7.05 Å². The summed E-state index contributed by atoms with van der Waals surface area (Å²) in [6, 6.07) is 3.64. The third kappa shape index (κ3) is 2.94. The molecule has 3 aromatic heterocycles. The lowest BCUT2D eigenvalue weighted by atomic mass is 10.3. The standard InChI is InChI=1S/C16H19N5O2/c1-4-13-14-15(20(3)19-13)16(22)21(10-18-14)9-11(2)23-12-6-5-7-17-8-12/h5-8,10-11H,4,9H2,1-3H3/t11-/m1/s1. The Hall–Kier alpha value is -2.70. The monoisotopic (exact) mass is 313 g/mol. The highest BCUT2D eigenvalue weighted by atomic mass is 16.5. The minimum absolute atomic E-state index is 0.105. The van der Waals surface area contributed by atoms with E-state index < -0.39 is 0 Å². The second-order valence-corrected chi connectivity index (χ2v) is 5.44. The molecule has 0 aromatic carbocycles. The van der Waals surface area contributed by atoms with Crippen LogP contribution in [0.4, 0.5) is 0 Å². The van der Waals surface area contributed by atoms with Crippen LogP contribution in [0.2, 0.25) is 0 Å². The normalized spacial score (nSPS) is 12.5. The van der Waals surface area contributed by atoms with Gasteiger partial charge in [0.05, 0.1) is 24.8 Å². The third-order valence-electron chi connectivity index (χ3n) is 3.64. The quantitative estimate of drug-likeness (QED) is 0.714. The minimum Gasteiger partial charge on any atom is -0.487 e. The molecule has 3 heterocycles. The summed E-state index contributed by atoms with van der Waals surface area (Å²) in [4.78, 5) is 21.1. The number of hydrogen-bond donors (Lipinski definition) is 0. The molecule has 23 heavy (non-hydrogen) atoms. The van der Waals surface area contributed by atoms with Gasteiger partial charge in [-0.1, -0.05) is 6.92 Å². The van der Waals surface area contributed by atoms with E-state index in [1.807, 2.05) is 26.0 Å². The van der Waals surface area contributed by atoms with Gasteiger partial charge in [-0.25, -0.2) is 4.98 Å². The van der Waals surface area contributed by atoms with E-state index in [-0.39, 0.29) is 11.7 Å². The van der Waals surface area contributed by atoms with Gasteiger partial charge >= 0.3 is 0 Å². The summed E-state index contributed by atoms with van der Waals surface area (Å²) < 4.78 is 8.93. The van der Waals surface area contributed by atoms with Crippen LogP contribution in [0.5, 0.6) is 5.75 Å². The van der Waals surface area contributed by atoms with Crippen molar-refractivity contribution in [1.82, 2.24) is 24.3 Å². The highest BCUT2D eigenvalue weighted by molar-refractivity contribution is 5.76. The van der Waals surface area contributed by atoms with Crippen molar-refractivity contribution in [2.75, 3.05) is 0 Å². The Morgan fingerprint density at radius 2 is 2.22 bits per heavy atom. The van der Waals surface area contributed by atoms with Crippen LogP contribution in [0.3, 0.4) is 0 Å². The average Bonchev–Trinajstić information content (AvgIpc) is 2.88. The largest absolute Gasteiger partial charge is 0.487 e. The van der Waals surface area contributed by atoms with E-state index in [1.54, 1.807) is 35.0 Å². The van der Waals surface area contributed by atoms with E-state index >= 15 is 0 Å². The van der Waals surface area contributed by atoms with Crippen LogP contribution in [0.25, 0.3) is 11.0 Å². The fourth-order valence-electron chi connectivity index (χ4n) is 2.59. The molecule has 0 amide bonds. The Balaban J connectivity index is 1.87.